The van der Waals surface area contributed by atoms with Crippen molar-refractivity contribution < 1.29 is 18.4 Å². The smallest absolute Gasteiger partial charge is 0.297 e. The van der Waals surface area contributed by atoms with Crippen LogP contribution < -0.4 is 11.3 Å². The van der Waals surface area contributed by atoms with Crippen LogP contribution >= 0.6 is 11.3 Å². The lowest BCUT2D eigenvalue weighted by Crippen LogP contribution is -2.43. The normalized spacial score (nSPS) is 12.3. The Bertz CT molecular complexity index is 1870. The van der Waals surface area contributed by atoms with E-state index in [0.29, 0.717) is 27.2 Å². The highest BCUT2D eigenvalue weighted by molar-refractivity contribution is 7.14. The van der Waals surface area contributed by atoms with Gasteiger partial charge in [-0.25, -0.2) is 9.37 Å². The van der Waals surface area contributed by atoms with E-state index in [1.807, 2.05) is 32.9 Å². The molecule has 0 bridgehead atoms. The average molecular weight is 604 g/mol. The van der Waals surface area contributed by atoms with Gasteiger partial charge in [-0.1, -0.05) is 31.5 Å². The number of rotatable bonds is 9. The molecule has 0 aliphatic carbocycles. The number of aryl methyl sites for hydroxylation is 1. The standard InChI is InChI=1S/C32H34FN5O4S/c1-18(2)27(37(15-14-34)30(39)20-8-6-19(3)7-9-20)29-35-26-23-16-21(33)10-12-24(23)42-28(26)32(41)38(29)17-22-11-13-25(43-22)31(40)36(4)5/h6-13,16,18,27H,14-15,17,34H2,1-5H3. The van der Waals surface area contributed by atoms with Crippen LogP contribution in [-0.4, -0.2) is 58.4 Å². The van der Waals surface area contributed by atoms with E-state index in [-0.39, 0.29) is 48.5 Å². The first-order valence-electron chi connectivity index (χ1n) is 14.0. The second kappa shape index (κ2) is 12.1. The van der Waals surface area contributed by atoms with Gasteiger partial charge < -0.3 is 20.0 Å². The molecule has 0 radical (unpaired) electrons. The minimum Gasteiger partial charge on any atom is -0.448 e. The second-order valence-electron chi connectivity index (χ2n) is 11.1. The van der Waals surface area contributed by atoms with Crippen molar-refractivity contribution in [3.8, 4) is 0 Å². The molecule has 0 aliphatic heterocycles. The van der Waals surface area contributed by atoms with Crippen LogP contribution in [0.1, 0.15) is 56.2 Å². The van der Waals surface area contributed by atoms with Gasteiger partial charge in [-0.3, -0.25) is 19.0 Å². The highest BCUT2D eigenvalue weighted by Crippen LogP contribution is 2.33. The number of thiophene rings is 1. The van der Waals surface area contributed by atoms with Crippen molar-refractivity contribution in [1.82, 2.24) is 19.4 Å². The molecule has 3 heterocycles. The lowest BCUT2D eigenvalue weighted by molar-refractivity contribution is 0.0612. The van der Waals surface area contributed by atoms with Crippen molar-refractivity contribution >= 4 is 45.2 Å². The van der Waals surface area contributed by atoms with Crippen molar-refractivity contribution in [3.63, 3.8) is 0 Å². The van der Waals surface area contributed by atoms with Crippen molar-refractivity contribution in [2.75, 3.05) is 27.2 Å². The number of aromatic nitrogens is 2. The summed E-state index contributed by atoms with van der Waals surface area (Å²) in [5, 5.41) is 0.369. The number of halogens is 1. The molecule has 0 spiro atoms. The molecule has 43 heavy (non-hydrogen) atoms. The number of amides is 2. The molecule has 3 aromatic heterocycles. The summed E-state index contributed by atoms with van der Waals surface area (Å²) in [4.78, 5) is 50.1. The van der Waals surface area contributed by atoms with Gasteiger partial charge >= 0.3 is 0 Å². The molecule has 2 amide bonds. The summed E-state index contributed by atoms with van der Waals surface area (Å²) in [6, 6.07) is 14.2. The molecule has 0 saturated heterocycles. The van der Waals surface area contributed by atoms with E-state index in [1.165, 1.54) is 39.0 Å². The molecule has 0 aliphatic rings. The fourth-order valence-electron chi connectivity index (χ4n) is 5.21. The van der Waals surface area contributed by atoms with E-state index in [4.69, 9.17) is 15.1 Å². The molecule has 0 saturated carbocycles. The average Bonchev–Trinajstić information content (AvgIpc) is 3.58. The minimum absolute atomic E-state index is 0.0109. The molecule has 2 N–H and O–H groups in total. The van der Waals surface area contributed by atoms with E-state index < -0.39 is 17.4 Å². The fraction of sp³-hybridized carbons (Fsp3) is 0.312. The quantitative estimate of drug-likeness (QED) is 0.248. The summed E-state index contributed by atoms with van der Waals surface area (Å²) in [5.41, 5.74) is 7.61. The Morgan fingerprint density at radius 2 is 1.79 bits per heavy atom. The molecule has 5 aromatic rings. The van der Waals surface area contributed by atoms with E-state index >= 15 is 0 Å². The molecular weight excluding hydrogens is 569 g/mol. The Balaban J connectivity index is 1.73. The predicted octanol–water partition coefficient (Wildman–Crippen LogP) is 5.20. The third-order valence-electron chi connectivity index (χ3n) is 7.32. The molecule has 5 rings (SSSR count). The van der Waals surface area contributed by atoms with Crippen molar-refractivity contribution in [3.05, 3.63) is 97.5 Å². The van der Waals surface area contributed by atoms with Crippen LogP contribution in [-0.2, 0) is 6.54 Å². The van der Waals surface area contributed by atoms with Crippen molar-refractivity contribution in [1.29, 1.82) is 0 Å². The Hall–Kier alpha value is -4.35. The van der Waals surface area contributed by atoms with Gasteiger partial charge in [0.25, 0.3) is 17.4 Å². The predicted molar refractivity (Wildman–Crippen MR) is 166 cm³/mol. The number of hydrogen-bond acceptors (Lipinski definition) is 7. The van der Waals surface area contributed by atoms with Crippen LogP contribution in [0.5, 0.6) is 0 Å². The highest BCUT2D eigenvalue weighted by atomic mass is 32.1. The van der Waals surface area contributed by atoms with Gasteiger partial charge in [-0.15, -0.1) is 11.3 Å². The summed E-state index contributed by atoms with van der Waals surface area (Å²) < 4.78 is 21.7. The largest absolute Gasteiger partial charge is 0.448 e. The van der Waals surface area contributed by atoms with E-state index in [0.717, 1.165) is 10.4 Å². The van der Waals surface area contributed by atoms with Gasteiger partial charge in [-0.05, 0) is 55.3 Å². The van der Waals surface area contributed by atoms with Gasteiger partial charge in [0.2, 0.25) is 5.58 Å². The molecule has 0 fully saturated rings. The first kappa shape index (κ1) is 30.1. The highest BCUT2D eigenvalue weighted by Gasteiger charge is 2.33. The lowest BCUT2D eigenvalue weighted by atomic mass is 9.99. The monoisotopic (exact) mass is 603 g/mol. The van der Waals surface area contributed by atoms with E-state index in [9.17, 15) is 18.8 Å². The van der Waals surface area contributed by atoms with Gasteiger partial charge in [-0.2, -0.15) is 0 Å². The zero-order valence-corrected chi connectivity index (χ0v) is 25.6. The van der Waals surface area contributed by atoms with Crippen LogP contribution in [0, 0.1) is 18.7 Å². The molecule has 9 nitrogen and oxygen atoms in total. The number of nitrogens with two attached hydrogens (primary N) is 1. The first-order chi connectivity index (χ1) is 20.5. The maximum atomic E-state index is 14.3. The molecule has 2 aromatic carbocycles. The SMILES string of the molecule is Cc1ccc(C(=O)N(CCN)C(c2nc3c(oc4ccc(F)cc43)c(=O)n2Cc2ccc(C(=O)N(C)C)s2)C(C)C)cc1. The maximum Gasteiger partial charge on any atom is 0.297 e. The van der Waals surface area contributed by atoms with Crippen LogP contribution in [0.4, 0.5) is 4.39 Å². The van der Waals surface area contributed by atoms with Crippen LogP contribution in [0.2, 0.25) is 0 Å². The second-order valence-corrected chi connectivity index (χ2v) is 12.3. The molecule has 1 atom stereocenters. The lowest BCUT2D eigenvalue weighted by Gasteiger charge is -2.35. The van der Waals surface area contributed by atoms with Gasteiger partial charge in [0.1, 0.15) is 22.7 Å². The van der Waals surface area contributed by atoms with E-state index in [2.05, 4.69) is 0 Å². The van der Waals surface area contributed by atoms with E-state index in [1.54, 1.807) is 43.3 Å². The van der Waals surface area contributed by atoms with Crippen molar-refractivity contribution in [2.24, 2.45) is 11.7 Å². The summed E-state index contributed by atoms with van der Waals surface area (Å²) >= 11 is 1.28. The Kier molecular flexibility index (Phi) is 8.48. The zero-order valence-electron chi connectivity index (χ0n) is 24.8. The number of benzene rings is 2. The fourth-order valence-corrected chi connectivity index (χ4v) is 6.23. The van der Waals surface area contributed by atoms with Crippen LogP contribution in [0.15, 0.2) is 63.8 Å². The number of furan rings is 1. The minimum atomic E-state index is -0.671. The number of hydrogen-bond donors (Lipinski definition) is 1. The Labute approximate surface area is 252 Å². The number of fused-ring (bicyclic) bond motifs is 3. The molecular formula is C32H34FN5O4S. The van der Waals surface area contributed by atoms with Gasteiger partial charge in [0.15, 0.2) is 0 Å². The number of carbonyl (C=O) groups excluding carboxylic acids is 2. The number of nitrogens with zero attached hydrogens (tertiary/aromatic N) is 4. The zero-order chi connectivity index (χ0) is 31.0. The van der Waals surface area contributed by atoms with Crippen molar-refractivity contribution in [2.45, 2.75) is 33.4 Å². The summed E-state index contributed by atoms with van der Waals surface area (Å²) in [6.45, 7) is 6.33. The third-order valence-corrected chi connectivity index (χ3v) is 8.38. The topological polar surface area (TPSA) is 115 Å². The van der Waals surface area contributed by atoms with Crippen LogP contribution in [0.25, 0.3) is 22.1 Å². The van der Waals surface area contributed by atoms with Gasteiger partial charge in [0.05, 0.1) is 17.5 Å². The molecule has 1 unspecified atom stereocenters. The summed E-state index contributed by atoms with van der Waals surface area (Å²) in [7, 11) is 3.35. The maximum absolute atomic E-state index is 14.3. The first-order valence-corrected chi connectivity index (χ1v) is 14.8. The van der Waals surface area contributed by atoms with Crippen LogP contribution in [0.3, 0.4) is 0 Å². The number of carbonyl (C=O) groups is 2. The summed E-state index contributed by atoms with van der Waals surface area (Å²) in [5.74, 6) is -0.750. The molecule has 224 valence electrons. The summed E-state index contributed by atoms with van der Waals surface area (Å²) in [6.07, 6.45) is 0. The third kappa shape index (κ3) is 5.82. The Morgan fingerprint density at radius 1 is 1.07 bits per heavy atom. The molecule has 11 heteroatoms. The van der Waals surface area contributed by atoms with Gasteiger partial charge in [0, 0.05) is 43.0 Å². The Morgan fingerprint density at radius 3 is 2.44 bits per heavy atom.